The van der Waals surface area contributed by atoms with Crippen LogP contribution in [0.2, 0.25) is 0 Å². The third-order valence-electron chi connectivity index (χ3n) is 3.61. The van der Waals surface area contributed by atoms with Crippen LogP contribution >= 0.6 is 0 Å². The molecule has 0 rings (SSSR count). The number of carbonyl (C=O) groups is 2. The van der Waals surface area contributed by atoms with E-state index in [0.717, 1.165) is 38.5 Å². The Morgan fingerprint density at radius 2 is 0.840 bits per heavy atom. The summed E-state index contributed by atoms with van der Waals surface area (Å²) >= 11 is 0. The van der Waals surface area contributed by atoms with Crippen molar-refractivity contribution >= 4 is 11.9 Å². The first-order valence-corrected chi connectivity index (χ1v) is 9.40. The van der Waals surface area contributed by atoms with E-state index in [-0.39, 0.29) is 13.2 Å². The Labute approximate surface area is 151 Å². The molecule has 0 aromatic rings. The predicted molar refractivity (Wildman–Crippen MR) is 97.7 cm³/mol. The first-order valence-electron chi connectivity index (χ1n) is 9.40. The normalized spacial score (nSPS) is 10.2. The van der Waals surface area contributed by atoms with Gasteiger partial charge < -0.3 is 25.7 Å². The average Bonchev–Trinajstić information content (AvgIpc) is 2.56. The molecule has 25 heavy (non-hydrogen) atoms. The molecule has 7 nitrogen and oxygen atoms in total. The van der Waals surface area contributed by atoms with Gasteiger partial charge in [0.2, 0.25) is 0 Å². The number of aliphatic hydroxyl groups is 2. The highest BCUT2D eigenvalue weighted by molar-refractivity contribution is 5.66. The lowest BCUT2D eigenvalue weighted by Gasteiger charge is -2.01. The average molecular weight is 363 g/mol. The molecule has 0 aliphatic heterocycles. The van der Waals surface area contributed by atoms with E-state index in [4.69, 9.17) is 20.4 Å². The van der Waals surface area contributed by atoms with Crippen LogP contribution in [0.5, 0.6) is 0 Å². The number of hydrogen-bond donors (Lipinski definition) is 5. The van der Waals surface area contributed by atoms with Crippen LogP contribution in [0.4, 0.5) is 0 Å². The van der Waals surface area contributed by atoms with Crippen LogP contribution in [0.25, 0.3) is 0 Å². The van der Waals surface area contributed by atoms with E-state index < -0.39 is 11.9 Å². The van der Waals surface area contributed by atoms with E-state index in [0.29, 0.717) is 25.9 Å². The molecule has 0 fully saturated rings. The fourth-order valence-electron chi connectivity index (χ4n) is 2.25. The molecule has 0 heterocycles. The highest BCUT2D eigenvalue weighted by Crippen LogP contribution is 2.11. The lowest BCUT2D eigenvalue weighted by Crippen LogP contribution is -2.21. The summed E-state index contributed by atoms with van der Waals surface area (Å²) in [5.74, 6) is -1.40. The van der Waals surface area contributed by atoms with E-state index in [9.17, 15) is 9.59 Å². The van der Waals surface area contributed by atoms with Crippen molar-refractivity contribution in [3.63, 3.8) is 0 Å². The van der Waals surface area contributed by atoms with Crippen LogP contribution in [0, 0.1) is 0 Å². The number of rotatable bonds is 17. The quantitative estimate of drug-likeness (QED) is 0.251. The molecule has 0 bridgehead atoms. The maximum atomic E-state index is 10.3. The third kappa shape index (κ3) is 31.2. The first-order chi connectivity index (χ1) is 12.0. The van der Waals surface area contributed by atoms with Gasteiger partial charge in [-0.1, -0.05) is 51.4 Å². The van der Waals surface area contributed by atoms with Crippen molar-refractivity contribution in [1.82, 2.24) is 5.32 Å². The molecule has 0 spiro atoms. The van der Waals surface area contributed by atoms with Crippen LogP contribution in [0.3, 0.4) is 0 Å². The van der Waals surface area contributed by atoms with Crippen molar-refractivity contribution in [2.45, 2.75) is 77.0 Å². The molecule has 5 N–H and O–H groups in total. The van der Waals surface area contributed by atoms with Crippen LogP contribution in [-0.4, -0.2) is 58.7 Å². The summed E-state index contributed by atoms with van der Waals surface area (Å²) in [7, 11) is 0. The van der Waals surface area contributed by atoms with Gasteiger partial charge in [0.05, 0.1) is 13.2 Å². The van der Waals surface area contributed by atoms with Crippen molar-refractivity contribution < 1.29 is 30.0 Å². The van der Waals surface area contributed by atoms with E-state index in [1.807, 2.05) is 0 Å². The summed E-state index contributed by atoms with van der Waals surface area (Å²) in [4.78, 5) is 20.5. The Kier molecular flexibility index (Phi) is 23.8. The van der Waals surface area contributed by atoms with Gasteiger partial charge in [-0.15, -0.1) is 0 Å². The van der Waals surface area contributed by atoms with Gasteiger partial charge in [-0.25, -0.2) is 0 Å². The predicted octanol–water partition coefficient (Wildman–Crippen LogP) is 2.40. The molecule has 0 atom stereocenters. The topological polar surface area (TPSA) is 127 Å². The number of carboxylic acid groups (broad SMARTS) is 2. The fourth-order valence-corrected chi connectivity index (χ4v) is 2.25. The van der Waals surface area contributed by atoms with E-state index in [1.54, 1.807) is 0 Å². The van der Waals surface area contributed by atoms with Crippen molar-refractivity contribution in [1.29, 1.82) is 0 Å². The van der Waals surface area contributed by atoms with Gasteiger partial charge in [0.1, 0.15) is 0 Å². The second-order valence-corrected chi connectivity index (χ2v) is 6.02. The number of carboxylic acids is 2. The minimum atomic E-state index is -0.698. The second-order valence-electron chi connectivity index (χ2n) is 6.02. The molecule has 0 aromatic carbocycles. The Morgan fingerprint density at radius 3 is 1.08 bits per heavy atom. The molecule has 0 radical (unpaired) electrons. The molecule has 0 aromatic heterocycles. The van der Waals surface area contributed by atoms with Gasteiger partial charge in [-0.05, 0) is 12.8 Å². The molecule has 0 amide bonds. The van der Waals surface area contributed by atoms with Crippen LogP contribution in [-0.2, 0) is 9.59 Å². The lowest BCUT2D eigenvalue weighted by molar-refractivity contribution is -0.138. The lowest BCUT2D eigenvalue weighted by atomic mass is 10.1. The van der Waals surface area contributed by atoms with E-state index >= 15 is 0 Å². The monoisotopic (exact) mass is 363 g/mol. The van der Waals surface area contributed by atoms with E-state index in [1.165, 1.54) is 25.7 Å². The van der Waals surface area contributed by atoms with Gasteiger partial charge in [0.15, 0.2) is 0 Å². The number of aliphatic hydroxyl groups excluding tert-OH is 2. The highest BCUT2D eigenvalue weighted by Gasteiger charge is 1.98. The summed E-state index contributed by atoms with van der Waals surface area (Å²) in [6.45, 7) is 1.42. The fraction of sp³-hybridized carbons (Fsp3) is 0.889. The summed E-state index contributed by atoms with van der Waals surface area (Å²) in [6.07, 6.45) is 11.3. The van der Waals surface area contributed by atoms with Crippen molar-refractivity contribution in [2.75, 3.05) is 26.3 Å². The zero-order valence-electron chi connectivity index (χ0n) is 15.4. The number of aliphatic carboxylic acids is 2. The van der Waals surface area contributed by atoms with Gasteiger partial charge in [-0.2, -0.15) is 0 Å². The van der Waals surface area contributed by atoms with Crippen molar-refractivity contribution in [2.24, 2.45) is 0 Å². The zero-order valence-corrected chi connectivity index (χ0v) is 15.4. The SMILES string of the molecule is O=C(O)CCCCCCCCCCCCC(=O)O.OCCNCCO. The largest absolute Gasteiger partial charge is 0.481 e. The second kappa shape index (κ2) is 22.8. The summed E-state index contributed by atoms with van der Waals surface area (Å²) < 4.78 is 0. The summed E-state index contributed by atoms with van der Waals surface area (Å²) in [5.41, 5.74) is 0. The van der Waals surface area contributed by atoms with Crippen LogP contribution < -0.4 is 5.32 Å². The van der Waals surface area contributed by atoms with Crippen molar-refractivity contribution in [3.05, 3.63) is 0 Å². The van der Waals surface area contributed by atoms with Gasteiger partial charge in [0.25, 0.3) is 0 Å². The molecular formula is C18H37NO6. The maximum absolute atomic E-state index is 10.3. The van der Waals surface area contributed by atoms with Crippen molar-refractivity contribution in [3.8, 4) is 0 Å². The molecule has 7 heteroatoms. The van der Waals surface area contributed by atoms with Gasteiger partial charge in [0, 0.05) is 25.9 Å². The maximum Gasteiger partial charge on any atom is 0.303 e. The molecular weight excluding hydrogens is 326 g/mol. The molecule has 0 saturated carbocycles. The molecule has 0 unspecified atom stereocenters. The van der Waals surface area contributed by atoms with Gasteiger partial charge in [-0.3, -0.25) is 9.59 Å². The Hall–Kier alpha value is -1.18. The molecule has 0 saturated heterocycles. The minimum absolute atomic E-state index is 0.139. The molecule has 0 aliphatic rings. The standard InChI is InChI=1S/C14H26O4.C4H11NO2/c15-13(16)11-9-7-5-3-1-2-4-6-8-10-12-14(17)18;6-3-1-5-2-4-7/h1-12H2,(H,15,16)(H,17,18);5-7H,1-4H2. The Bertz CT molecular complexity index is 271. The van der Waals surface area contributed by atoms with Crippen LogP contribution in [0.1, 0.15) is 77.0 Å². The molecule has 0 aliphatic carbocycles. The number of unbranched alkanes of at least 4 members (excludes halogenated alkanes) is 9. The third-order valence-corrected chi connectivity index (χ3v) is 3.61. The van der Waals surface area contributed by atoms with E-state index in [2.05, 4.69) is 5.32 Å². The Balaban J connectivity index is 0. The molecule has 150 valence electrons. The van der Waals surface area contributed by atoms with Crippen LogP contribution in [0.15, 0.2) is 0 Å². The Morgan fingerprint density at radius 1 is 0.560 bits per heavy atom. The summed E-state index contributed by atoms with van der Waals surface area (Å²) in [6, 6.07) is 0. The number of hydrogen-bond acceptors (Lipinski definition) is 5. The smallest absolute Gasteiger partial charge is 0.303 e. The zero-order chi connectivity index (χ0) is 19.2. The summed E-state index contributed by atoms with van der Waals surface area (Å²) in [5, 5.41) is 36.0. The number of nitrogens with one attached hydrogen (secondary N) is 1. The minimum Gasteiger partial charge on any atom is -0.481 e. The highest BCUT2D eigenvalue weighted by atomic mass is 16.4. The first kappa shape index (κ1) is 26.1. The van der Waals surface area contributed by atoms with Gasteiger partial charge >= 0.3 is 11.9 Å².